The summed E-state index contributed by atoms with van der Waals surface area (Å²) in [5.41, 5.74) is 3.05. The van der Waals surface area contributed by atoms with Gasteiger partial charge < -0.3 is 33.9 Å². The maximum Gasteiger partial charge on any atom is 0.308 e. The van der Waals surface area contributed by atoms with Gasteiger partial charge in [0.1, 0.15) is 12.4 Å². The lowest BCUT2D eigenvalue weighted by Crippen LogP contribution is -2.20. The van der Waals surface area contributed by atoms with Gasteiger partial charge in [-0.15, -0.1) is 0 Å². The predicted molar refractivity (Wildman–Crippen MR) is 148 cm³/mol. The van der Waals surface area contributed by atoms with E-state index in [2.05, 4.69) is 0 Å². The Hall–Kier alpha value is -2.98. The van der Waals surface area contributed by atoms with Crippen molar-refractivity contribution >= 4 is 12.0 Å². The highest BCUT2D eigenvalue weighted by Crippen LogP contribution is 2.45. The molecule has 0 bridgehead atoms. The summed E-state index contributed by atoms with van der Waals surface area (Å²) >= 11 is 0. The second-order valence-corrected chi connectivity index (χ2v) is 9.23. The molecule has 0 aromatic heterocycles. The van der Waals surface area contributed by atoms with Gasteiger partial charge in [-0.05, 0) is 47.7 Å². The van der Waals surface area contributed by atoms with Crippen LogP contribution in [0, 0.1) is 5.82 Å². The minimum Gasteiger partial charge on any atom is -0.493 e. The molecule has 9 heteroatoms. The molecule has 0 aliphatic carbocycles. The highest BCUT2D eigenvalue weighted by Gasteiger charge is 2.23. The van der Waals surface area contributed by atoms with Gasteiger partial charge in [0, 0.05) is 19.1 Å². The van der Waals surface area contributed by atoms with E-state index in [-0.39, 0.29) is 37.8 Å². The maximum absolute atomic E-state index is 13.8. The third-order valence-electron chi connectivity index (χ3n) is 5.90. The lowest BCUT2D eigenvalue weighted by Gasteiger charge is -2.23. The van der Waals surface area contributed by atoms with Crippen molar-refractivity contribution in [2.45, 2.75) is 51.7 Å². The first-order chi connectivity index (χ1) is 18.7. The number of rotatable bonds is 17. The van der Waals surface area contributed by atoms with Crippen molar-refractivity contribution in [3.63, 3.8) is 0 Å². The van der Waals surface area contributed by atoms with E-state index >= 15 is 0 Å². The molecule has 2 atom stereocenters. The van der Waals surface area contributed by atoms with Crippen molar-refractivity contribution in [2.75, 3.05) is 47.3 Å². The molecule has 0 saturated heterocycles. The Morgan fingerprint density at radius 3 is 2.36 bits per heavy atom. The first-order valence-corrected chi connectivity index (χ1v) is 13.1. The summed E-state index contributed by atoms with van der Waals surface area (Å²) in [6.45, 7) is 7.44. The average Bonchev–Trinajstić information content (AvgIpc) is 2.89. The van der Waals surface area contributed by atoms with Gasteiger partial charge in [0.2, 0.25) is 0 Å². The maximum atomic E-state index is 13.8. The van der Waals surface area contributed by atoms with Crippen LogP contribution in [0.1, 0.15) is 50.7 Å². The van der Waals surface area contributed by atoms with E-state index in [0.29, 0.717) is 42.4 Å². The molecule has 0 spiro atoms. The molecular formula is C30H41FO8. The minimum absolute atomic E-state index is 0.0451. The Kier molecular flexibility index (Phi) is 13.9. The van der Waals surface area contributed by atoms with Crippen LogP contribution in [0.2, 0.25) is 0 Å². The number of hydrogen-bond donors (Lipinski definition) is 2. The lowest BCUT2D eigenvalue weighted by atomic mass is 9.88. The standard InChI is InChI=1S/C30H41FO8/c1-6-38-28(34)18-24(33)17-23(32)11-12-25-26(20(2)3)19-27(36-5)30(39-16-15-37-14-13-35-4)29(25)21-7-9-22(31)10-8-21/h7-12,19-20,23-24,32-33H,6,13-18H2,1-5H3. The Labute approximate surface area is 230 Å². The Morgan fingerprint density at radius 1 is 1.05 bits per heavy atom. The molecule has 2 aromatic rings. The van der Waals surface area contributed by atoms with E-state index in [1.165, 1.54) is 12.1 Å². The SMILES string of the molecule is CCOC(=O)CC(O)CC(O)C=Cc1c(C(C)C)cc(OC)c(OCCOCCOC)c1-c1ccc(F)cc1. The highest BCUT2D eigenvalue weighted by atomic mass is 19.1. The third kappa shape index (κ3) is 10.3. The minimum atomic E-state index is -1.06. The number of methoxy groups -OCH3 is 2. The second kappa shape index (κ2) is 16.9. The fourth-order valence-corrected chi connectivity index (χ4v) is 4.04. The zero-order chi connectivity index (χ0) is 28.8. The topological polar surface area (TPSA) is 104 Å². The van der Waals surface area contributed by atoms with Gasteiger partial charge in [-0.2, -0.15) is 0 Å². The number of aliphatic hydroxyl groups excluding tert-OH is 2. The summed E-state index contributed by atoms with van der Waals surface area (Å²) < 4.78 is 41.1. The molecule has 0 radical (unpaired) electrons. The molecule has 216 valence electrons. The van der Waals surface area contributed by atoms with E-state index in [9.17, 15) is 19.4 Å². The number of benzene rings is 2. The molecule has 39 heavy (non-hydrogen) atoms. The number of carbonyl (C=O) groups excluding carboxylic acids is 1. The molecule has 2 unspecified atom stereocenters. The van der Waals surface area contributed by atoms with E-state index in [0.717, 1.165) is 11.1 Å². The summed E-state index contributed by atoms with van der Waals surface area (Å²) in [5.74, 6) is 0.140. The van der Waals surface area contributed by atoms with Crippen LogP contribution in [0.3, 0.4) is 0 Å². The fourth-order valence-electron chi connectivity index (χ4n) is 4.04. The van der Waals surface area contributed by atoms with Crippen molar-refractivity contribution < 1.29 is 43.1 Å². The van der Waals surface area contributed by atoms with Crippen molar-refractivity contribution in [1.82, 2.24) is 0 Å². The molecule has 0 fully saturated rings. The van der Waals surface area contributed by atoms with Crippen LogP contribution in [0.4, 0.5) is 4.39 Å². The van der Waals surface area contributed by atoms with Gasteiger partial charge in [0.15, 0.2) is 11.5 Å². The quantitative estimate of drug-likeness (QED) is 0.216. The van der Waals surface area contributed by atoms with Gasteiger partial charge in [-0.3, -0.25) is 4.79 Å². The van der Waals surface area contributed by atoms with Crippen LogP contribution in [-0.4, -0.2) is 75.6 Å². The number of carbonyl (C=O) groups is 1. The first-order valence-electron chi connectivity index (χ1n) is 13.1. The van der Waals surface area contributed by atoms with Gasteiger partial charge in [0.25, 0.3) is 0 Å². The van der Waals surface area contributed by atoms with E-state index in [1.807, 2.05) is 19.9 Å². The number of aliphatic hydroxyl groups is 2. The van der Waals surface area contributed by atoms with E-state index in [4.69, 9.17) is 23.7 Å². The Morgan fingerprint density at radius 2 is 1.74 bits per heavy atom. The number of halogens is 1. The molecule has 0 saturated carbocycles. The lowest BCUT2D eigenvalue weighted by molar-refractivity contribution is -0.145. The largest absolute Gasteiger partial charge is 0.493 e. The summed E-state index contributed by atoms with van der Waals surface area (Å²) in [6.07, 6.45) is 0.985. The van der Waals surface area contributed by atoms with E-state index in [1.54, 1.807) is 45.4 Å². The highest BCUT2D eigenvalue weighted by molar-refractivity contribution is 5.85. The molecule has 0 heterocycles. The summed E-state index contributed by atoms with van der Waals surface area (Å²) in [5, 5.41) is 20.8. The molecule has 2 aromatic carbocycles. The van der Waals surface area contributed by atoms with Gasteiger partial charge in [-0.1, -0.05) is 38.1 Å². The summed E-state index contributed by atoms with van der Waals surface area (Å²) in [4.78, 5) is 11.7. The fraction of sp³-hybridized carbons (Fsp3) is 0.500. The second-order valence-electron chi connectivity index (χ2n) is 9.23. The van der Waals surface area contributed by atoms with Crippen LogP contribution in [-0.2, 0) is 19.0 Å². The monoisotopic (exact) mass is 548 g/mol. The molecule has 0 amide bonds. The van der Waals surface area contributed by atoms with Crippen LogP contribution < -0.4 is 9.47 Å². The van der Waals surface area contributed by atoms with Crippen LogP contribution >= 0.6 is 0 Å². The van der Waals surface area contributed by atoms with Gasteiger partial charge in [-0.25, -0.2) is 4.39 Å². The molecular weight excluding hydrogens is 507 g/mol. The zero-order valence-corrected chi connectivity index (χ0v) is 23.4. The normalized spacial score (nSPS) is 13.1. The molecule has 2 N–H and O–H groups in total. The first kappa shape index (κ1) is 32.2. The Balaban J connectivity index is 2.48. The van der Waals surface area contributed by atoms with Crippen LogP contribution in [0.15, 0.2) is 36.4 Å². The molecule has 0 aliphatic rings. The zero-order valence-electron chi connectivity index (χ0n) is 23.4. The van der Waals surface area contributed by atoms with Crippen molar-refractivity contribution in [3.05, 3.63) is 53.4 Å². The van der Waals surface area contributed by atoms with Crippen molar-refractivity contribution in [3.8, 4) is 22.6 Å². The van der Waals surface area contributed by atoms with Crippen LogP contribution in [0.5, 0.6) is 11.5 Å². The van der Waals surface area contributed by atoms with Crippen LogP contribution in [0.25, 0.3) is 17.2 Å². The average molecular weight is 549 g/mol. The van der Waals surface area contributed by atoms with E-state index < -0.39 is 18.2 Å². The van der Waals surface area contributed by atoms with Gasteiger partial charge >= 0.3 is 5.97 Å². The number of ether oxygens (including phenoxy) is 5. The predicted octanol–water partition coefficient (Wildman–Crippen LogP) is 4.74. The van der Waals surface area contributed by atoms with Gasteiger partial charge in [0.05, 0.1) is 52.2 Å². The molecule has 8 nitrogen and oxygen atoms in total. The van der Waals surface area contributed by atoms with Crippen molar-refractivity contribution in [2.24, 2.45) is 0 Å². The number of esters is 1. The third-order valence-corrected chi connectivity index (χ3v) is 5.90. The molecule has 2 rings (SSSR count). The van der Waals surface area contributed by atoms with Crippen molar-refractivity contribution in [1.29, 1.82) is 0 Å². The number of hydrogen-bond acceptors (Lipinski definition) is 8. The Bertz CT molecular complexity index is 1050. The summed E-state index contributed by atoms with van der Waals surface area (Å²) in [6, 6.07) is 7.95. The molecule has 0 aliphatic heterocycles. The smallest absolute Gasteiger partial charge is 0.308 e. The summed E-state index contributed by atoms with van der Waals surface area (Å²) in [7, 11) is 3.16.